The maximum atomic E-state index is 12.1. The van der Waals surface area contributed by atoms with Gasteiger partial charge in [0.05, 0.1) is 15.1 Å². The van der Waals surface area contributed by atoms with Crippen molar-refractivity contribution in [1.82, 2.24) is 4.98 Å². The molecule has 0 unspecified atom stereocenters. The predicted molar refractivity (Wildman–Crippen MR) is 102 cm³/mol. The van der Waals surface area contributed by atoms with Crippen molar-refractivity contribution in [1.29, 1.82) is 0 Å². The molecule has 0 saturated heterocycles. The standard InChI is InChI=1S/C18H11Cl3N2O3/c19-12-8-22-17(16(21)15(12)20)18(25)26-9-14(24)23-13-7-3-5-10-4-1-2-6-11(10)13/h1-8H,9H2,(H,23,24). The van der Waals surface area contributed by atoms with E-state index in [2.05, 4.69) is 10.3 Å². The van der Waals surface area contributed by atoms with Crippen LogP contribution in [-0.4, -0.2) is 23.5 Å². The molecule has 0 saturated carbocycles. The van der Waals surface area contributed by atoms with Crippen LogP contribution in [0.3, 0.4) is 0 Å². The molecule has 1 N–H and O–H groups in total. The highest BCUT2D eigenvalue weighted by Crippen LogP contribution is 2.31. The molecule has 0 aliphatic heterocycles. The maximum absolute atomic E-state index is 12.1. The van der Waals surface area contributed by atoms with Gasteiger partial charge in [-0.1, -0.05) is 71.2 Å². The van der Waals surface area contributed by atoms with E-state index in [-0.39, 0.29) is 20.8 Å². The van der Waals surface area contributed by atoms with Crippen LogP contribution in [0.4, 0.5) is 5.69 Å². The van der Waals surface area contributed by atoms with E-state index in [1.807, 2.05) is 36.4 Å². The summed E-state index contributed by atoms with van der Waals surface area (Å²) in [5.41, 5.74) is 0.411. The molecular formula is C18H11Cl3N2O3. The Labute approximate surface area is 163 Å². The van der Waals surface area contributed by atoms with E-state index in [1.165, 1.54) is 6.20 Å². The minimum absolute atomic E-state index is 0.00418. The van der Waals surface area contributed by atoms with Gasteiger partial charge in [-0.2, -0.15) is 0 Å². The van der Waals surface area contributed by atoms with Gasteiger partial charge in [-0.05, 0) is 11.5 Å². The molecule has 0 radical (unpaired) electrons. The molecule has 0 bridgehead atoms. The fourth-order valence-electron chi connectivity index (χ4n) is 2.31. The summed E-state index contributed by atoms with van der Waals surface area (Å²) in [7, 11) is 0. The van der Waals surface area contributed by atoms with E-state index in [4.69, 9.17) is 39.5 Å². The molecule has 0 aliphatic rings. The number of ether oxygens (including phenoxy) is 1. The quantitative estimate of drug-likeness (QED) is 0.616. The number of carbonyl (C=O) groups is 2. The molecule has 0 atom stereocenters. The van der Waals surface area contributed by atoms with Gasteiger partial charge in [0.25, 0.3) is 5.91 Å². The third-order valence-corrected chi connectivity index (χ3v) is 4.75. The maximum Gasteiger partial charge on any atom is 0.359 e. The molecule has 0 aliphatic carbocycles. The second-order valence-corrected chi connectivity index (χ2v) is 6.40. The van der Waals surface area contributed by atoms with Crippen LogP contribution < -0.4 is 5.32 Å². The minimum Gasteiger partial charge on any atom is -0.451 e. The van der Waals surface area contributed by atoms with E-state index in [0.717, 1.165) is 10.8 Å². The number of pyridine rings is 1. The van der Waals surface area contributed by atoms with Gasteiger partial charge in [-0.3, -0.25) is 4.79 Å². The van der Waals surface area contributed by atoms with E-state index in [1.54, 1.807) is 6.07 Å². The number of amides is 1. The second kappa shape index (κ2) is 7.91. The lowest BCUT2D eigenvalue weighted by molar-refractivity contribution is -0.119. The van der Waals surface area contributed by atoms with Crippen LogP contribution in [0, 0.1) is 0 Å². The molecule has 5 nitrogen and oxygen atoms in total. The highest BCUT2D eigenvalue weighted by molar-refractivity contribution is 6.48. The van der Waals surface area contributed by atoms with E-state index < -0.39 is 18.5 Å². The minimum atomic E-state index is -0.873. The molecule has 8 heteroatoms. The fraction of sp³-hybridized carbons (Fsp3) is 0.0556. The molecule has 3 aromatic rings. The second-order valence-electron chi connectivity index (χ2n) is 5.23. The third kappa shape index (κ3) is 3.90. The van der Waals surface area contributed by atoms with Gasteiger partial charge >= 0.3 is 5.97 Å². The van der Waals surface area contributed by atoms with Gasteiger partial charge in [-0.15, -0.1) is 0 Å². The van der Waals surface area contributed by atoms with Crippen molar-refractivity contribution in [3.05, 3.63) is 69.4 Å². The molecule has 3 rings (SSSR count). The summed E-state index contributed by atoms with van der Waals surface area (Å²) in [5, 5.41) is 4.55. The van der Waals surface area contributed by atoms with Gasteiger partial charge in [0.1, 0.15) is 0 Å². The van der Waals surface area contributed by atoms with Crippen LogP contribution in [0.1, 0.15) is 10.5 Å². The monoisotopic (exact) mass is 408 g/mol. The van der Waals surface area contributed by atoms with Crippen molar-refractivity contribution in [3.63, 3.8) is 0 Å². The number of rotatable bonds is 4. The van der Waals surface area contributed by atoms with Crippen LogP contribution >= 0.6 is 34.8 Å². The number of aromatic nitrogens is 1. The molecule has 1 amide bonds. The van der Waals surface area contributed by atoms with Crippen molar-refractivity contribution in [3.8, 4) is 0 Å². The van der Waals surface area contributed by atoms with Crippen LogP contribution in [0.5, 0.6) is 0 Å². The number of halogens is 3. The SMILES string of the molecule is O=C(COC(=O)c1ncc(Cl)c(Cl)c1Cl)Nc1cccc2ccccc12. The topological polar surface area (TPSA) is 68.3 Å². The number of nitrogens with zero attached hydrogens (tertiary/aromatic N) is 1. The number of hydrogen-bond donors (Lipinski definition) is 1. The first-order valence-electron chi connectivity index (χ1n) is 7.41. The summed E-state index contributed by atoms with van der Waals surface area (Å²) in [4.78, 5) is 27.9. The summed E-state index contributed by atoms with van der Waals surface area (Å²) < 4.78 is 4.95. The molecule has 26 heavy (non-hydrogen) atoms. The Bertz CT molecular complexity index is 1000. The average molecular weight is 410 g/mol. The van der Waals surface area contributed by atoms with Crippen molar-refractivity contribution in [2.24, 2.45) is 0 Å². The van der Waals surface area contributed by atoms with Gasteiger partial charge < -0.3 is 10.1 Å². The molecule has 0 spiro atoms. The predicted octanol–water partition coefficient (Wildman–Crippen LogP) is 4.99. The number of anilines is 1. The Kier molecular flexibility index (Phi) is 5.61. The van der Waals surface area contributed by atoms with Crippen LogP contribution in [0.25, 0.3) is 10.8 Å². The smallest absolute Gasteiger partial charge is 0.359 e. The van der Waals surface area contributed by atoms with Crippen molar-refractivity contribution in [2.75, 3.05) is 11.9 Å². The van der Waals surface area contributed by atoms with E-state index >= 15 is 0 Å². The Balaban J connectivity index is 1.67. The summed E-state index contributed by atoms with van der Waals surface area (Å²) in [5.74, 6) is -1.37. The number of nitrogens with one attached hydrogen (secondary N) is 1. The lowest BCUT2D eigenvalue weighted by Gasteiger charge is -2.10. The van der Waals surface area contributed by atoms with Gasteiger partial charge in [0, 0.05) is 17.3 Å². The Morgan fingerprint density at radius 3 is 2.54 bits per heavy atom. The fourth-order valence-corrected chi connectivity index (χ4v) is 2.86. The van der Waals surface area contributed by atoms with Crippen LogP contribution in [0.15, 0.2) is 48.7 Å². The first kappa shape index (κ1) is 18.5. The lowest BCUT2D eigenvalue weighted by atomic mass is 10.1. The van der Waals surface area contributed by atoms with Crippen molar-refractivity contribution in [2.45, 2.75) is 0 Å². The summed E-state index contributed by atoms with van der Waals surface area (Å²) in [6.45, 7) is -0.500. The summed E-state index contributed by atoms with van der Waals surface area (Å²) in [6.07, 6.45) is 1.18. The Hall–Kier alpha value is -2.34. The molecule has 1 heterocycles. The zero-order valence-corrected chi connectivity index (χ0v) is 15.4. The number of fused-ring (bicyclic) bond motifs is 1. The number of benzene rings is 2. The zero-order chi connectivity index (χ0) is 18.7. The highest BCUT2D eigenvalue weighted by Gasteiger charge is 2.19. The Morgan fingerprint density at radius 2 is 1.73 bits per heavy atom. The number of hydrogen-bond acceptors (Lipinski definition) is 4. The number of carbonyl (C=O) groups excluding carboxylic acids is 2. The largest absolute Gasteiger partial charge is 0.451 e. The van der Waals surface area contributed by atoms with Crippen LogP contribution in [-0.2, 0) is 9.53 Å². The van der Waals surface area contributed by atoms with Crippen molar-refractivity contribution < 1.29 is 14.3 Å². The lowest BCUT2D eigenvalue weighted by Crippen LogP contribution is -2.21. The zero-order valence-electron chi connectivity index (χ0n) is 13.1. The van der Waals surface area contributed by atoms with Gasteiger partial charge in [-0.25, -0.2) is 9.78 Å². The average Bonchev–Trinajstić information content (AvgIpc) is 2.65. The van der Waals surface area contributed by atoms with E-state index in [9.17, 15) is 9.59 Å². The molecule has 1 aromatic heterocycles. The molecule has 0 fully saturated rings. The first-order chi connectivity index (χ1) is 12.5. The normalized spacial score (nSPS) is 10.6. The van der Waals surface area contributed by atoms with Gasteiger partial charge in [0.2, 0.25) is 0 Å². The van der Waals surface area contributed by atoms with E-state index in [0.29, 0.717) is 5.69 Å². The first-order valence-corrected chi connectivity index (χ1v) is 8.55. The Morgan fingerprint density at radius 1 is 1.00 bits per heavy atom. The molecule has 2 aromatic carbocycles. The molecule has 132 valence electrons. The molecular weight excluding hydrogens is 399 g/mol. The highest BCUT2D eigenvalue weighted by atomic mass is 35.5. The third-order valence-electron chi connectivity index (χ3n) is 3.51. The summed E-state index contributed by atoms with van der Waals surface area (Å²) >= 11 is 17.5. The van der Waals surface area contributed by atoms with Crippen LogP contribution in [0.2, 0.25) is 15.1 Å². The van der Waals surface area contributed by atoms with Crippen molar-refractivity contribution >= 4 is 63.1 Å². The summed E-state index contributed by atoms with van der Waals surface area (Å²) in [6, 6.07) is 13.1. The number of esters is 1. The van der Waals surface area contributed by atoms with Gasteiger partial charge in [0.15, 0.2) is 12.3 Å².